The number of carbonyl (C=O) groups is 2. The lowest BCUT2D eigenvalue weighted by Gasteiger charge is -2.34. The third-order valence-corrected chi connectivity index (χ3v) is 4.56. The predicted octanol–water partition coefficient (Wildman–Crippen LogP) is 0.277. The Kier molecular flexibility index (Phi) is 4.02. The zero-order valence-electron chi connectivity index (χ0n) is 12.9. The van der Waals surface area contributed by atoms with Crippen LogP contribution in [0.3, 0.4) is 0 Å². The molecule has 22 heavy (non-hydrogen) atoms. The quantitative estimate of drug-likeness (QED) is 0.870. The maximum atomic E-state index is 12.0. The predicted molar refractivity (Wildman–Crippen MR) is 85.8 cm³/mol. The van der Waals surface area contributed by atoms with Crippen molar-refractivity contribution in [2.75, 3.05) is 49.6 Å². The Hall–Kier alpha value is -2.08. The highest BCUT2D eigenvalue weighted by molar-refractivity contribution is 6.00. The first-order valence-corrected chi connectivity index (χ1v) is 7.68. The van der Waals surface area contributed by atoms with E-state index in [4.69, 9.17) is 5.73 Å². The van der Waals surface area contributed by atoms with Crippen molar-refractivity contribution >= 4 is 23.2 Å². The van der Waals surface area contributed by atoms with E-state index < -0.39 is 5.91 Å². The summed E-state index contributed by atoms with van der Waals surface area (Å²) in [6.07, 6.45) is 0.218. The molecule has 0 aliphatic carbocycles. The summed E-state index contributed by atoms with van der Waals surface area (Å²) in [7, 11) is 2.13. The first kappa shape index (κ1) is 14.8. The fourth-order valence-corrected chi connectivity index (χ4v) is 3.06. The lowest BCUT2D eigenvalue weighted by molar-refractivity contribution is -0.123. The third-order valence-electron chi connectivity index (χ3n) is 4.56. The number of likely N-dealkylation sites (N-methyl/N-ethyl adjacent to an activating group) is 1. The number of benzene rings is 1. The molecule has 1 atom stereocenters. The molecule has 2 N–H and O–H groups in total. The second kappa shape index (κ2) is 5.96. The van der Waals surface area contributed by atoms with E-state index in [9.17, 15) is 9.59 Å². The van der Waals surface area contributed by atoms with Crippen LogP contribution < -0.4 is 15.5 Å². The van der Waals surface area contributed by atoms with Crippen LogP contribution in [0.1, 0.15) is 6.42 Å². The minimum atomic E-state index is -0.398. The number of carbonyl (C=O) groups excluding carboxylic acids is 2. The Labute approximate surface area is 130 Å². The van der Waals surface area contributed by atoms with Gasteiger partial charge in [-0.25, -0.2) is 0 Å². The van der Waals surface area contributed by atoms with Crippen molar-refractivity contribution in [3.63, 3.8) is 0 Å². The van der Waals surface area contributed by atoms with Crippen molar-refractivity contribution in [2.24, 2.45) is 11.7 Å². The van der Waals surface area contributed by atoms with Crippen LogP contribution in [0, 0.1) is 5.92 Å². The molecule has 2 aliphatic rings. The summed E-state index contributed by atoms with van der Waals surface area (Å²) in [6.45, 7) is 4.55. The SMILES string of the molecule is CN1CCN(c2ccc(N3CC(C(N)=O)CC3=O)cc2)CC1. The molecule has 0 bridgehead atoms. The molecule has 2 fully saturated rings. The van der Waals surface area contributed by atoms with Gasteiger partial charge in [-0.2, -0.15) is 0 Å². The molecule has 0 spiro atoms. The lowest BCUT2D eigenvalue weighted by atomic mass is 10.1. The van der Waals surface area contributed by atoms with Crippen LogP contribution in [0.4, 0.5) is 11.4 Å². The van der Waals surface area contributed by atoms with Crippen LogP contribution in [0.25, 0.3) is 0 Å². The van der Waals surface area contributed by atoms with Crippen LogP contribution in [-0.4, -0.2) is 56.5 Å². The number of primary amides is 1. The van der Waals surface area contributed by atoms with Gasteiger partial charge in [-0.1, -0.05) is 0 Å². The van der Waals surface area contributed by atoms with Gasteiger partial charge in [0, 0.05) is 50.5 Å². The summed E-state index contributed by atoms with van der Waals surface area (Å²) >= 11 is 0. The summed E-state index contributed by atoms with van der Waals surface area (Å²) in [5.41, 5.74) is 7.32. The largest absolute Gasteiger partial charge is 0.369 e. The van der Waals surface area contributed by atoms with Crippen molar-refractivity contribution in [1.82, 2.24) is 4.90 Å². The van der Waals surface area contributed by atoms with Gasteiger partial charge in [0.2, 0.25) is 11.8 Å². The summed E-state index contributed by atoms with van der Waals surface area (Å²) < 4.78 is 0. The molecular weight excluding hydrogens is 280 g/mol. The molecule has 3 rings (SSSR count). The van der Waals surface area contributed by atoms with Gasteiger partial charge in [0.15, 0.2) is 0 Å². The smallest absolute Gasteiger partial charge is 0.227 e. The topological polar surface area (TPSA) is 69.9 Å². The first-order valence-electron chi connectivity index (χ1n) is 7.68. The highest BCUT2D eigenvalue weighted by atomic mass is 16.2. The zero-order chi connectivity index (χ0) is 15.7. The molecular formula is C16H22N4O2. The van der Waals surface area contributed by atoms with Gasteiger partial charge in [0.1, 0.15) is 0 Å². The van der Waals surface area contributed by atoms with Gasteiger partial charge >= 0.3 is 0 Å². The second-order valence-electron chi connectivity index (χ2n) is 6.11. The molecule has 2 heterocycles. The molecule has 2 amide bonds. The molecule has 2 saturated heterocycles. The number of anilines is 2. The number of amides is 2. The summed E-state index contributed by atoms with van der Waals surface area (Å²) in [4.78, 5) is 29.6. The van der Waals surface area contributed by atoms with E-state index in [1.165, 1.54) is 5.69 Å². The summed E-state index contributed by atoms with van der Waals surface area (Å²) in [5.74, 6) is -0.800. The van der Waals surface area contributed by atoms with E-state index >= 15 is 0 Å². The Morgan fingerprint density at radius 1 is 1.09 bits per heavy atom. The van der Waals surface area contributed by atoms with Gasteiger partial charge in [0.05, 0.1) is 5.92 Å². The molecule has 1 aromatic carbocycles. The maximum absolute atomic E-state index is 12.0. The second-order valence-corrected chi connectivity index (χ2v) is 6.11. The average Bonchev–Trinajstić information content (AvgIpc) is 2.91. The minimum Gasteiger partial charge on any atom is -0.369 e. The van der Waals surface area contributed by atoms with Gasteiger partial charge < -0.3 is 20.4 Å². The van der Waals surface area contributed by atoms with Crippen molar-refractivity contribution < 1.29 is 9.59 Å². The molecule has 6 nitrogen and oxygen atoms in total. The summed E-state index contributed by atoms with van der Waals surface area (Å²) in [6, 6.07) is 8.00. The van der Waals surface area contributed by atoms with Crippen LogP contribution in [-0.2, 0) is 9.59 Å². The normalized spacial score (nSPS) is 23.1. The highest BCUT2D eigenvalue weighted by Gasteiger charge is 2.33. The van der Waals surface area contributed by atoms with Crippen molar-refractivity contribution in [3.05, 3.63) is 24.3 Å². The van der Waals surface area contributed by atoms with Crippen LogP contribution >= 0.6 is 0 Å². The first-order chi connectivity index (χ1) is 10.5. The van der Waals surface area contributed by atoms with E-state index in [0.29, 0.717) is 6.54 Å². The zero-order valence-corrected chi connectivity index (χ0v) is 12.9. The minimum absolute atomic E-state index is 0.0313. The Morgan fingerprint density at radius 3 is 2.23 bits per heavy atom. The number of hydrogen-bond donors (Lipinski definition) is 1. The standard InChI is InChI=1S/C16H22N4O2/c1-18-6-8-19(9-7-18)13-2-4-14(5-3-13)20-11-12(16(17)22)10-15(20)21/h2-5,12H,6-11H2,1H3,(H2,17,22). The highest BCUT2D eigenvalue weighted by Crippen LogP contribution is 2.27. The molecule has 0 saturated carbocycles. The van der Waals surface area contributed by atoms with Gasteiger partial charge in [-0.05, 0) is 31.3 Å². The van der Waals surface area contributed by atoms with Gasteiger partial charge in [-0.3, -0.25) is 9.59 Å². The molecule has 1 unspecified atom stereocenters. The number of nitrogens with zero attached hydrogens (tertiary/aromatic N) is 3. The van der Waals surface area contributed by atoms with Crippen molar-refractivity contribution in [1.29, 1.82) is 0 Å². The summed E-state index contributed by atoms with van der Waals surface area (Å²) in [5, 5.41) is 0. The Bertz CT molecular complexity index is 564. The average molecular weight is 302 g/mol. The fourth-order valence-electron chi connectivity index (χ4n) is 3.06. The fraction of sp³-hybridized carbons (Fsp3) is 0.500. The number of rotatable bonds is 3. The maximum Gasteiger partial charge on any atom is 0.227 e. The third kappa shape index (κ3) is 2.92. The Balaban J connectivity index is 1.69. The van der Waals surface area contributed by atoms with Crippen LogP contribution in [0.15, 0.2) is 24.3 Å². The molecule has 2 aliphatic heterocycles. The Morgan fingerprint density at radius 2 is 1.68 bits per heavy atom. The van der Waals surface area contributed by atoms with Crippen molar-refractivity contribution in [3.8, 4) is 0 Å². The molecule has 1 aromatic rings. The molecule has 118 valence electrons. The van der Waals surface area contributed by atoms with Crippen LogP contribution in [0.2, 0.25) is 0 Å². The van der Waals surface area contributed by atoms with Crippen molar-refractivity contribution in [2.45, 2.75) is 6.42 Å². The van der Waals surface area contributed by atoms with E-state index in [2.05, 4.69) is 16.8 Å². The molecule has 0 radical (unpaired) electrons. The molecule has 0 aromatic heterocycles. The number of nitrogens with two attached hydrogens (primary N) is 1. The van der Waals surface area contributed by atoms with E-state index in [1.807, 2.05) is 24.3 Å². The molecule has 6 heteroatoms. The monoisotopic (exact) mass is 302 g/mol. The van der Waals surface area contributed by atoms with Gasteiger partial charge in [-0.15, -0.1) is 0 Å². The van der Waals surface area contributed by atoms with E-state index in [1.54, 1.807) is 4.90 Å². The van der Waals surface area contributed by atoms with Crippen LogP contribution in [0.5, 0.6) is 0 Å². The lowest BCUT2D eigenvalue weighted by Crippen LogP contribution is -2.44. The number of hydrogen-bond acceptors (Lipinski definition) is 4. The van der Waals surface area contributed by atoms with Gasteiger partial charge in [0.25, 0.3) is 0 Å². The van der Waals surface area contributed by atoms with E-state index in [-0.39, 0.29) is 18.2 Å². The van der Waals surface area contributed by atoms with E-state index in [0.717, 1.165) is 31.9 Å². The number of piperazine rings is 1.